The molecule has 0 radical (unpaired) electrons. The summed E-state index contributed by atoms with van der Waals surface area (Å²) in [5.41, 5.74) is 20.7. The zero-order valence-electron chi connectivity index (χ0n) is 35.1. The monoisotopic (exact) mass is 802 g/mol. The van der Waals surface area contributed by atoms with Crippen molar-refractivity contribution < 1.29 is 0 Å². The highest BCUT2D eigenvalue weighted by atomic mass is 15.1. The molecule has 0 saturated carbocycles. The summed E-state index contributed by atoms with van der Waals surface area (Å²) in [4.78, 5) is 20.3. The number of rotatable bonds is 8. The number of para-hydroxylation sites is 2. The van der Waals surface area contributed by atoms with Crippen molar-refractivity contribution in [3.05, 3.63) is 211 Å². The molecule has 0 bridgehead atoms. The van der Waals surface area contributed by atoms with E-state index in [1.165, 1.54) is 5.56 Å². The van der Waals surface area contributed by atoms with Gasteiger partial charge >= 0.3 is 0 Å². The van der Waals surface area contributed by atoms with Crippen LogP contribution in [0.3, 0.4) is 0 Å². The Kier molecular flexibility index (Phi) is 9.97. The quantitative estimate of drug-likeness (QED) is 0.165. The van der Waals surface area contributed by atoms with Gasteiger partial charge < -0.3 is 5.73 Å². The van der Waals surface area contributed by atoms with Crippen LogP contribution in [0.25, 0.3) is 84.3 Å². The number of imidazole rings is 1. The minimum Gasteiger partial charge on any atom is -0.399 e. The average Bonchev–Trinajstić information content (AvgIpc) is 3.73. The van der Waals surface area contributed by atoms with Crippen molar-refractivity contribution in [2.24, 2.45) is 5.73 Å². The number of nitrogens with two attached hydrogens (primary N) is 1. The molecular weight excluding hydrogens is 757 g/mol. The van der Waals surface area contributed by atoms with Crippen LogP contribution in [0.5, 0.6) is 0 Å². The highest BCUT2D eigenvalue weighted by Gasteiger charge is 2.24. The van der Waals surface area contributed by atoms with Crippen LogP contribution in [-0.4, -0.2) is 24.5 Å². The number of fused-ring (bicyclic) bond motifs is 1. The average molecular weight is 803 g/mol. The Hall–Kier alpha value is -7.70. The van der Waals surface area contributed by atoms with Crippen molar-refractivity contribution in [3.8, 4) is 73.2 Å². The minimum absolute atomic E-state index is 0.155. The third kappa shape index (κ3) is 7.52. The molecule has 300 valence electrons. The molecule has 1 aliphatic carbocycles. The van der Waals surface area contributed by atoms with Gasteiger partial charge in [-0.15, -0.1) is 0 Å². The van der Waals surface area contributed by atoms with E-state index in [0.29, 0.717) is 17.5 Å². The molecule has 1 aliphatic rings. The van der Waals surface area contributed by atoms with Crippen molar-refractivity contribution in [2.45, 2.75) is 38.5 Å². The molecule has 0 saturated heterocycles. The Bertz CT molecular complexity index is 3150. The van der Waals surface area contributed by atoms with Gasteiger partial charge in [-0.25, -0.2) is 19.9 Å². The molecular formula is C56H46N6. The van der Waals surface area contributed by atoms with Crippen molar-refractivity contribution in [1.82, 2.24) is 24.5 Å². The molecule has 2 aromatic heterocycles. The summed E-state index contributed by atoms with van der Waals surface area (Å²) in [6.07, 6.45) is 7.16. The first-order chi connectivity index (χ1) is 30.3. The number of hydrogen-bond acceptors (Lipinski definition) is 5. The van der Waals surface area contributed by atoms with Crippen molar-refractivity contribution in [2.75, 3.05) is 0 Å². The summed E-state index contributed by atoms with van der Waals surface area (Å²) < 4.78 is 2.31. The molecule has 1 unspecified atom stereocenters. The predicted molar refractivity (Wildman–Crippen MR) is 255 cm³/mol. The largest absolute Gasteiger partial charge is 0.399 e. The third-order valence-corrected chi connectivity index (χ3v) is 11.6. The fourth-order valence-electron chi connectivity index (χ4n) is 8.54. The molecule has 10 rings (SSSR count). The molecule has 9 aromatic rings. The molecule has 2 N–H and O–H groups in total. The van der Waals surface area contributed by atoms with Gasteiger partial charge in [-0.1, -0.05) is 179 Å². The van der Waals surface area contributed by atoms with E-state index in [4.69, 9.17) is 25.7 Å². The standard InChI is InChI=1S/C56H46N6/c1-56(2,3)55-58-50-28-11-12-29-51(50)62(55)45-23-15-20-42(36-45)47-25-8-10-27-49(47)48-26-9-7-24-46(48)41-19-13-21-43(34-41)54-60-52(38-16-5-4-6-17-38)59-53(61-54)39-32-30-37(31-33-39)40-18-14-22-44(57)35-40/h4-17,19-36,40H,18,57H2,1-3H3. The minimum atomic E-state index is -0.155. The SMILES string of the molecule is CC(C)(C)c1nc2ccccc2n1-c1cccc(-c2ccccc2-c2ccccc2-c2cccc(-c3nc(-c4ccccc4)nc(-c4ccc(C5C=C(N)C=CC5)cc4)n3)c2)c1. The second kappa shape index (κ2) is 16.1. The van der Waals surface area contributed by atoms with E-state index in [1.54, 1.807) is 0 Å². The van der Waals surface area contributed by atoms with Gasteiger partial charge in [0.1, 0.15) is 5.82 Å². The van der Waals surface area contributed by atoms with Crippen LogP contribution < -0.4 is 5.73 Å². The lowest BCUT2D eigenvalue weighted by atomic mass is 9.89. The van der Waals surface area contributed by atoms with Gasteiger partial charge in [-0.2, -0.15) is 0 Å². The van der Waals surface area contributed by atoms with Gasteiger partial charge in [-0.05, 0) is 81.8 Å². The zero-order chi connectivity index (χ0) is 42.2. The number of hydrogen-bond donors (Lipinski definition) is 1. The van der Waals surface area contributed by atoms with E-state index >= 15 is 0 Å². The second-order valence-electron chi connectivity index (χ2n) is 16.9. The van der Waals surface area contributed by atoms with Gasteiger partial charge in [0.15, 0.2) is 17.5 Å². The van der Waals surface area contributed by atoms with E-state index in [0.717, 1.165) is 84.7 Å². The Morgan fingerprint density at radius 1 is 0.500 bits per heavy atom. The number of benzene rings is 7. The smallest absolute Gasteiger partial charge is 0.164 e. The summed E-state index contributed by atoms with van der Waals surface area (Å²) in [6.45, 7) is 6.67. The van der Waals surface area contributed by atoms with E-state index < -0.39 is 0 Å². The van der Waals surface area contributed by atoms with Gasteiger partial charge in [-0.3, -0.25) is 4.57 Å². The van der Waals surface area contributed by atoms with Crippen LogP contribution in [0.2, 0.25) is 0 Å². The first-order valence-electron chi connectivity index (χ1n) is 21.2. The lowest BCUT2D eigenvalue weighted by molar-refractivity contribution is 0.539. The fourth-order valence-corrected chi connectivity index (χ4v) is 8.54. The molecule has 1 atom stereocenters. The first kappa shape index (κ1) is 38.5. The summed E-state index contributed by atoms with van der Waals surface area (Å²) in [7, 11) is 0. The van der Waals surface area contributed by atoms with Crippen molar-refractivity contribution >= 4 is 11.0 Å². The molecule has 0 fully saturated rings. The highest BCUT2D eigenvalue weighted by Crippen LogP contribution is 2.40. The van der Waals surface area contributed by atoms with Gasteiger partial charge in [0.25, 0.3) is 0 Å². The molecule has 62 heavy (non-hydrogen) atoms. The molecule has 0 amide bonds. The van der Waals surface area contributed by atoms with Gasteiger partial charge in [0, 0.05) is 39.4 Å². The topological polar surface area (TPSA) is 82.5 Å². The Balaban J connectivity index is 1.04. The third-order valence-electron chi connectivity index (χ3n) is 11.6. The lowest BCUT2D eigenvalue weighted by Crippen LogP contribution is -2.18. The fraction of sp³-hybridized carbons (Fsp3) is 0.107. The lowest BCUT2D eigenvalue weighted by Gasteiger charge is -2.21. The van der Waals surface area contributed by atoms with Crippen LogP contribution >= 0.6 is 0 Å². The van der Waals surface area contributed by atoms with Crippen LogP contribution in [0, 0.1) is 0 Å². The summed E-state index contributed by atoms with van der Waals surface area (Å²) in [5.74, 6) is 3.14. The van der Waals surface area contributed by atoms with Crippen LogP contribution in [0.15, 0.2) is 200 Å². The highest BCUT2D eigenvalue weighted by molar-refractivity contribution is 5.92. The van der Waals surface area contributed by atoms with Crippen LogP contribution in [0.4, 0.5) is 0 Å². The normalized spacial score (nSPS) is 13.9. The van der Waals surface area contributed by atoms with Crippen molar-refractivity contribution in [3.63, 3.8) is 0 Å². The van der Waals surface area contributed by atoms with E-state index in [1.807, 2.05) is 36.4 Å². The number of aromatic nitrogens is 5. The number of allylic oxidation sites excluding steroid dienone is 3. The second-order valence-corrected chi connectivity index (χ2v) is 16.9. The molecule has 2 heterocycles. The maximum absolute atomic E-state index is 6.14. The zero-order valence-corrected chi connectivity index (χ0v) is 35.1. The molecule has 7 aromatic carbocycles. The molecule has 6 heteroatoms. The summed E-state index contributed by atoms with van der Waals surface area (Å²) in [5, 5.41) is 0. The molecule has 0 aliphatic heterocycles. The summed E-state index contributed by atoms with van der Waals surface area (Å²) >= 11 is 0. The Labute approximate surface area is 362 Å². The summed E-state index contributed by atoms with van der Waals surface area (Å²) in [6, 6.07) is 61.8. The maximum atomic E-state index is 6.14. The van der Waals surface area contributed by atoms with Crippen LogP contribution in [0.1, 0.15) is 44.5 Å². The molecule has 0 spiro atoms. The van der Waals surface area contributed by atoms with Crippen LogP contribution in [-0.2, 0) is 5.41 Å². The van der Waals surface area contributed by atoms with Gasteiger partial charge in [0.2, 0.25) is 0 Å². The predicted octanol–water partition coefficient (Wildman–Crippen LogP) is 13.4. The van der Waals surface area contributed by atoms with E-state index in [9.17, 15) is 0 Å². The molecule has 6 nitrogen and oxygen atoms in total. The Morgan fingerprint density at radius 3 is 1.69 bits per heavy atom. The van der Waals surface area contributed by atoms with E-state index in [-0.39, 0.29) is 11.3 Å². The Morgan fingerprint density at radius 2 is 1.03 bits per heavy atom. The maximum Gasteiger partial charge on any atom is 0.164 e. The van der Waals surface area contributed by atoms with Gasteiger partial charge in [0.05, 0.1) is 11.0 Å². The van der Waals surface area contributed by atoms with Crippen molar-refractivity contribution in [1.29, 1.82) is 0 Å². The number of nitrogens with zero attached hydrogens (tertiary/aromatic N) is 5. The van der Waals surface area contributed by atoms with E-state index in [2.05, 4.69) is 183 Å². The first-order valence-corrected chi connectivity index (χ1v) is 21.2.